The number of hydrogen-bond acceptors (Lipinski definition) is 2. The third-order valence-electron chi connectivity index (χ3n) is 3.83. The summed E-state index contributed by atoms with van der Waals surface area (Å²) >= 11 is 1.78. The van der Waals surface area contributed by atoms with E-state index in [2.05, 4.69) is 49.9 Å². The van der Waals surface area contributed by atoms with E-state index in [1.54, 1.807) is 11.8 Å². The predicted molar refractivity (Wildman–Crippen MR) is 86.0 cm³/mol. The fraction of sp³-hybridized carbons (Fsp3) is 0.588. The maximum Gasteiger partial charge on any atom is 0.223 e. The summed E-state index contributed by atoms with van der Waals surface area (Å²) in [6, 6.07) is 8.52. The molecule has 1 aromatic rings. The number of benzene rings is 1. The molecule has 3 heteroatoms. The van der Waals surface area contributed by atoms with Crippen LogP contribution in [0.4, 0.5) is 0 Å². The molecule has 0 aromatic heterocycles. The van der Waals surface area contributed by atoms with Crippen molar-refractivity contribution >= 4 is 17.7 Å². The van der Waals surface area contributed by atoms with Crippen molar-refractivity contribution in [2.45, 2.75) is 38.5 Å². The molecule has 1 saturated heterocycles. The minimum absolute atomic E-state index is 0.322. The fourth-order valence-electron chi connectivity index (χ4n) is 2.92. The lowest BCUT2D eigenvalue weighted by atomic mass is 9.92. The lowest BCUT2D eigenvalue weighted by Crippen LogP contribution is -2.42. The molecule has 110 valence electrons. The molecule has 0 saturated carbocycles. The number of likely N-dealkylation sites (tertiary alicyclic amines) is 1. The van der Waals surface area contributed by atoms with Crippen LogP contribution < -0.4 is 0 Å². The first kappa shape index (κ1) is 15.4. The number of carbonyl (C=O) groups is 1. The minimum Gasteiger partial charge on any atom is -0.342 e. The number of aryl methyl sites for hydroxylation is 1. The number of nitrogens with zero attached hydrogens (tertiary/aromatic N) is 1. The van der Waals surface area contributed by atoms with Crippen LogP contribution in [0.1, 0.15) is 32.3 Å². The Morgan fingerprint density at radius 1 is 1.20 bits per heavy atom. The monoisotopic (exact) mass is 291 g/mol. The van der Waals surface area contributed by atoms with E-state index in [9.17, 15) is 4.79 Å². The second-order valence-corrected chi connectivity index (χ2v) is 7.32. The molecule has 2 atom stereocenters. The van der Waals surface area contributed by atoms with Gasteiger partial charge in [0.05, 0.1) is 0 Å². The molecular formula is C17H25NOS. The van der Waals surface area contributed by atoms with Gasteiger partial charge in [-0.3, -0.25) is 4.79 Å². The van der Waals surface area contributed by atoms with E-state index in [4.69, 9.17) is 0 Å². The number of hydrogen-bond donors (Lipinski definition) is 0. The Morgan fingerprint density at radius 2 is 1.80 bits per heavy atom. The van der Waals surface area contributed by atoms with E-state index in [0.29, 0.717) is 24.2 Å². The summed E-state index contributed by atoms with van der Waals surface area (Å²) in [6.45, 7) is 8.47. The lowest BCUT2D eigenvalue weighted by molar-refractivity contribution is -0.133. The SMILES string of the molecule is Cc1ccc(SCCC(=O)N2CC(C)CC(C)C2)cc1. The van der Waals surface area contributed by atoms with Crippen LogP contribution in [-0.2, 0) is 4.79 Å². The molecule has 1 aliphatic rings. The maximum atomic E-state index is 12.2. The van der Waals surface area contributed by atoms with Gasteiger partial charge in [-0.2, -0.15) is 0 Å². The third kappa shape index (κ3) is 4.55. The highest BCUT2D eigenvalue weighted by Gasteiger charge is 2.24. The summed E-state index contributed by atoms with van der Waals surface area (Å²) in [4.78, 5) is 15.6. The van der Waals surface area contributed by atoms with Crippen LogP contribution >= 0.6 is 11.8 Å². The molecule has 1 aliphatic heterocycles. The first-order chi connectivity index (χ1) is 9.54. The largest absolute Gasteiger partial charge is 0.342 e. The van der Waals surface area contributed by atoms with Gasteiger partial charge in [-0.05, 0) is 37.3 Å². The molecule has 0 radical (unpaired) electrons. The molecule has 2 nitrogen and oxygen atoms in total. The Hall–Kier alpha value is -0.960. The van der Waals surface area contributed by atoms with Crippen LogP contribution in [0.2, 0.25) is 0 Å². The molecular weight excluding hydrogens is 266 g/mol. The Balaban J connectivity index is 1.76. The zero-order chi connectivity index (χ0) is 14.5. The van der Waals surface area contributed by atoms with Gasteiger partial charge in [-0.25, -0.2) is 0 Å². The summed E-state index contributed by atoms with van der Waals surface area (Å²) in [6.07, 6.45) is 1.90. The van der Waals surface area contributed by atoms with Gasteiger partial charge in [-0.1, -0.05) is 31.5 Å². The molecule has 0 aliphatic carbocycles. The Labute approximate surface area is 126 Å². The van der Waals surface area contributed by atoms with Crippen LogP contribution in [0.15, 0.2) is 29.2 Å². The van der Waals surface area contributed by atoms with Gasteiger partial charge >= 0.3 is 0 Å². The highest BCUT2D eigenvalue weighted by Crippen LogP contribution is 2.23. The number of piperidine rings is 1. The van der Waals surface area contributed by atoms with Gasteiger partial charge in [0.1, 0.15) is 0 Å². The van der Waals surface area contributed by atoms with E-state index < -0.39 is 0 Å². The number of rotatable bonds is 4. The number of thioether (sulfide) groups is 1. The van der Waals surface area contributed by atoms with Crippen molar-refractivity contribution in [2.24, 2.45) is 11.8 Å². The zero-order valence-electron chi connectivity index (χ0n) is 12.8. The van der Waals surface area contributed by atoms with Crippen molar-refractivity contribution in [1.29, 1.82) is 0 Å². The topological polar surface area (TPSA) is 20.3 Å². The molecule has 2 unspecified atom stereocenters. The lowest BCUT2D eigenvalue weighted by Gasteiger charge is -2.35. The van der Waals surface area contributed by atoms with Crippen molar-refractivity contribution in [3.05, 3.63) is 29.8 Å². The smallest absolute Gasteiger partial charge is 0.223 e. The second kappa shape index (κ2) is 7.16. The first-order valence-corrected chi connectivity index (χ1v) is 8.50. The molecule has 1 amide bonds. The van der Waals surface area contributed by atoms with Crippen molar-refractivity contribution in [1.82, 2.24) is 4.90 Å². The highest BCUT2D eigenvalue weighted by atomic mass is 32.2. The molecule has 0 N–H and O–H groups in total. The Morgan fingerprint density at radius 3 is 2.40 bits per heavy atom. The summed E-state index contributed by atoms with van der Waals surface area (Å²) in [7, 11) is 0. The normalized spacial score (nSPS) is 22.9. The van der Waals surface area contributed by atoms with E-state index in [0.717, 1.165) is 18.8 Å². The quantitative estimate of drug-likeness (QED) is 0.782. The molecule has 0 spiro atoms. The summed E-state index contributed by atoms with van der Waals surface area (Å²) in [5.74, 6) is 2.49. The zero-order valence-corrected chi connectivity index (χ0v) is 13.6. The Bertz CT molecular complexity index is 433. The van der Waals surface area contributed by atoms with Crippen LogP contribution in [0.3, 0.4) is 0 Å². The van der Waals surface area contributed by atoms with Crippen LogP contribution in [0.25, 0.3) is 0 Å². The van der Waals surface area contributed by atoms with E-state index in [1.165, 1.54) is 16.9 Å². The van der Waals surface area contributed by atoms with E-state index in [1.807, 2.05) is 0 Å². The average Bonchev–Trinajstić information content (AvgIpc) is 2.40. The van der Waals surface area contributed by atoms with Crippen molar-refractivity contribution in [2.75, 3.05) is 18.8 Å². The first-order valence-electron chi connectivity index (χ1n) is 7.52. The summed E-state index contributed by atoms with van der Waals surface area (Å²) in [5.41, 5.74) is 1.28. The van der Waals surface area contributed by atoms with Gasteiger partial charge in [0.15, 0.2) is 0 Å². The average molecular weight is 291 g/mol. The number of amides is 1. The van der Waals surface area contributed by atoms with Crippen LogP contribution in [0, 0.1) is 18.8 Å². The molecule has 2 rings (SSSR count). The van der Waals surface area contributed by atoms with Gasteiger partial charge < -0.3 is 4.90 Å². The number of carbonyl (C=O) groups excluding carboxylic acids is 1. The van der Waals surface area contributed by atoms with Gasteiger partial charge in [0, 0.05) is 30.2 Å². The van der Waals surface area contributed by atoms with Crippen molar-refractivity contribution in [3.8, 4) is 0 Å². The Kier molecular flexibility index (Phi) is 5.53. The molecule has 1 heterocycles. The highest BCUT2D eigenvalue weighted by molar-refractivity contribution is 7.99. The second-order valence-electron chi connectivity index (χ2n) is 6.16. The molecule has 20 heavy (non-hydrogen) atoms. The molecule has 1 fully saturated rings. The minimum atomic E-state index is 0.322. The van der Waals surface area contributed by atoms with Gasteiger partial charge in [-0.15, -0.1) is 11.8 Å². The van der Waals surface area contributed by atoms with E-state index >= 15 is 0 Å². The van der Waals surface area contributed by atoms with Crippen LogP contribution in [-0.4, -0.2) is 29.6 Å². The van der Waals surface area contributed by atoms with Crippen LogP contribution in [0.5, 0.6) is 0 Å². The maximum absolute atomic E-state index is 12.2. The van der Waals surface area contributed by atoms with Gasteiger partial charge in [0.2, 0.25) is 5.91 Å². The third-order valence-corrected chi connectivity index (χ3v) is 4.84. The predicted octanol–water partition coefficient (Wildman–Crippen LogP) is 3.98. The summed E-state index contributed by atoms with van der Waals surface area (Å²) in [5, 5.41) is 0. The van der Waals surface area contributed by atoms with Gasteiger partial charge in [0.25, 0.3) is 0 Å². The van der Waals surface area contributed by atoms with E-state index in [-0.39, 0.29) is 0 Å². The van der Waals surface area contributed by atoms with Crippen molar-refractivity contribution in [3.63, 3.8) is 0 Å². The fourth-order valence-corrected chi connectivity index (χ4v) is 3.76. The standard InChI is InChI=1S/C17H25NOS/c1-13-4-6-16(7-5-13)20-9-8-17(19)18-11-14(2)10-15(3)12-18/h4-7,14-15H,8-12H2,1-3H3. The summed E-state index contributed by atoms with van der Waals surface area (Å²) < 4.78 is 0. The molecule has 1 aromatic carbocycles. The van der Waals surface area contributed by atoms with Crippen molar-refractivity contribution < 1.29 is 4.79 Å². The molecule has 0 bridgehead atoms.